The highest BCUT2D eigenvalue weighted by Gasteiger charge is 2.37. The summed E-state index contributed by atoms with van der Waals surface area (Å²) in [7, 11) is 0. The Balaban J connectivity index is 1.43. The lowest BCUT2D eigenvalue weighted by molar-refractivity contribution is 0.382. The molecule has 2 heteroatoms. The fourth-order valence-corrected chi connectivity index (χ4v) is 2.88. The van der Waals surface area contributed by atoms with Gasteiger partial charge in [0.05, 0.1) is 0 Å². The molecule has 1 saturated heterocycles. The Labute approximate surface area is 104 Å². The van der Waals surface area contributed by atoms with Crippen LogP contribution in [0, 0.1) is 0 Å². The van der Waals surface area contributed by atoms with Gasteiger partial charge in [0.2, 0.25) is 0 Å². The third-order valence-corrected chi connectivity index (χ3v) is 4.06. The van der Waals surface area contributed by atoms with Crippen molar-refractivity contribution in [1.29, 1.82) is 0 Å². The third kappa shape index (κ3) is 2.88. The zero-order chi connectivity index (χ0) is 11.5. The molecule has 2 nitrogen and oxygen atoms in total. The highest BCUT2D eigenvalue weighted by molar-refractivity contribution is 5.27. The summed E-state index contributed by atoms with van der Waals surface area (Å²) in [4.78, 5) is 0. The fraction of sp³-hybridized carbons (Fsp3) is 0.600. The second-order valence-corrected chi connectivity index (χ2v) is 5.41. The lowest BCUT2D eigenvalue weighted by atomic mass is 10.1. The van der Waals surface area contributed by atoms with Crippen molar-refractivity contribution in [2.45, 2.75) is 43.7 Å². The average Bonchev–Trinajstić information content (AvgIpc) is 3.18. The minimum Gasteiger partial charge on any atom is -0.313 e. The number of hydrogen-bond acceptors (Lipinski definition) is 2. The van der Waals surface area contributed by atoms with Gasteiger partial charge in [0.15, 0.2) is 0 Å². The monoisotopic (exact) mass is 230 g/mol. The van der Waals surface area contributed by atoms with Crippen LogP contribution in [0.15, 0.2) is 30.3 Å². The Hall–Kier alpha value is -0.860. The van der Waals surface area contributed by atoms with Crippen molar-refractivity contribution < 1.29 is 0 Å². The van der Waals surface area contributed by atoms with Gasteiger partial charge in [-0.3, -0.25) is 0 Å². The van der Waals surface area contributed by atoms with Crippen LogP contribution in [0.4, 0.5) is 0 Å². The first-order valence-corrected chi connectivity index (χ1v) is 6.95. The molecule has 3 rings (SSSR count). The van der Waals surface area contributed by atoms with Crippen LogP contribution in [0.1, 0.15) is 37.2 Å². The summed E-state index contributed by atoms with van der Waals surface area (Å²) < 4.78 is 0. The maximum absolute atomic E-state index is 3.71. The highest BCUT2D eigenvalue weighted by atomic mass is 15.0. The maximum atomic E-state index is 3.71. The van der Waals surface area contributed by atoms with Crippen LogP contribution in [-0.4, -0.2) is 25.2 Å². The van der Waals surface area contributed by atoms with E-state index in [4.69, 9.17) is 0 Å². The molecule has 0 radical (unpaired) electrons. The second-order valence-electron chi connectivity index (χ2n) is 5.41. The molecule has 0 bridgehead atoms. The van der Waals surface area contributed by atoms with E-state index in [2.05, 4.69) is 41.0 Å². The van der Waals surface area contributed by atoms with Crippen LogP contribution < -0.4 is 10.6 Å². The van der Waals surface area contributed by atoms with Gasteiger partial charge in [-0.1, -0.05) is 36.8 Å². The van der Waals surface area contributed by atoms with Crippen LogP contribution in [0.25, 0.3) is 0 Å². The molecule has 1 aromatic carbocycles. The largest absolute Gasteiger partial charge is 0.313 e. The van der Waals surface area contributed by atoms with Gasteiger partial charge in [-0.05, 0) is 31.4 Å². The van der Waals surface area contributed by atoms with E-state index in [1.807, 2.05) is 0 Å². The molecule has 0 aromatic heterocycles. The highest BCUT2D eigenvalue weighted by Crippen LogP contribution is 2.40. The Kier molecular flexibility index (Phi) is 3.44. The van der Waals surface area contributed by atoms with Crippen molar-refractivity contribution >= 4 is 0 Å². The van der Waals surface area contributed by atoms with Crippen molar-refractivity contribution in [1.82, 2.24) is 10.6 Å². The quantitative estimate of drug-likeness (QED) is 0.829. The molecular weight excluding hydrogens is 208 g/mol. The Morgan fingerprint density at radius 2 is 2.06 bits per heavy atom. The molecule has 1 heterocycles. The van der Waals surface area contributed by atoms with Crippen molar-refractivity contribution in [3.63, 3.8) is 0 Å². The lowest BCUT2D eigenvalue weighted by Gasteiger charge is -2.23. The van der Waals surface area contributed by atoms with Crippen molar-refractivity contribution in [3.8, 4) is 0 Å². The molecule has 2 N–H and O–H groups in total. The molecule has 3 atom stereocenters. The van der Waals surface area contributed by atoms with E-state index < -0.39 is 0 Å². The molecular formula is C15H22N2. The topological polar surface area (TPSA) is 24.1 Å². The molecule has 92 valence electrons. The van der Waals surface area contributed by atoms with Crippen LogP contribution in [0.3, 0.4) is 0 Å². The van der Waals surface area contributed by atoms with Gasteiger partial charge in [0.1, 0.15) is 0 Å². The molecule has 0 spiro atoms. The van der Waals surface area contributed by atoms with Gasteiger partial charge in [-0.15, -0.1) is 0 Å². The summed E-state index contributed by atoms with van der Waals surface area (Å²) in [5.41, 5.74) is 1.50. The third-order valence-electron chi connectivity index (χ3n) is 4.06. The van der Waals surface area contributed by atoms with E-state index in [0.717, 1.165) is 18.5 Å². The smallest absolute Gasteiger partial charge is 0.0192 e. The molecule has 1 aliphatic heterocycles. The number of piperidine rings is 1. The Morgan fingerprint density at radius 3 is 2.82 bits per heavy atom. The molecule has 2 fully saturated rings. The van der Waals surface area contributed by atoms with E-state index >= 15 is 0 Å². The Morgan fingerprint density at radius 1 is 1.18 bits per heavy atom. The van der Waals surface area contributed by atoms with Crippen LogP contribution in [0.5, 0.6) is 0 Å². The first-order valence-electron chi connectivity index (χ1n) is 6.95. The van der Waals surface area contributed by atoms with Crippen molar-refractivity contribution in [2.75, 3.05) is 13.1 Å². The van der Waals surface area contributed by atoms with Crippen LogP contribution in [-0.2, 0) is 0 Å². The fourth-order valence-electron chi connectivity index (χ4n) is 2.88. The standard InChI is InChI=1S/C15H22N2/c1-2-6-12(7-3-1)14-10-15(14)17-11-13-8-4-5-9-16-13/h1-3,6-7,13-17H,4-5,8-11H2. The van der Waals surface area contributed by atoms with Crippen molar-refractivity contribution in [3.05, 3.63) is 35.9 Å². The SMILES string of the molecule is c1ccc(C2CC2NCC2CCCCN2)cc1. The minimum atomic E-state index is 0.709. The second kappa shape index (κ2) is 5.19. The maximum Gasteiger partial charge on any atom is 0.0192 e. The lowest BCUT2D eigenvalue weighted by Crippen LogP contribution is -2.42. The predicted octanol–water partition coefficient (Wildman–Crippen LogP) is 2.27. The summed E-state index contributed by atoms with van der Waals surface area (Å²) in [6.45, 7) is 2.35. The predicted molar refractivity (Wildman–Crippen MR) is 71.2 cm³/mol. The number of hydrogen-bond donors (Lipinski definition) is 2. The summed E-state index contributed by atoms with van der Waals surface area (Å²) in [5.74, 6) is 0.764. The van der Waals surface area contributed by atoms with E-state index in [1.54, 1.807) is 0 Å². The molecule has 0 amide bonds. The minimum absolute atomic E-state index is 0.709. The van der Waals surface area contributed by atoms with E-state index in [1.165, 1.54) is 37.8 Å². The summed E-state index contributed by atoms with van der Waals surface area (Å²) in [6, 6.07) is 12.3. The molecule has 1 aromatic rings. The van der Waals surface area contributed by atoms with Gasteiger partial charge in [-0.25, -0.2) is 0 Å². The van der Waals surface area contributed by atoms with Crippen LogP contribution in [0.2, 0.25) is 0 Å². The first-order chi connectivity index (χ1) is 8.43. The molecule has 3 unspecified atom stereocenters. The molecule has 1 aliphatic carbocycles. The zero-order valence-corrected chi connectivity index (χ0v) is 10.4. The number of rotatable bonds is 4. The van der Waals surface area contributed by atoms with Gasteiger partial charge >= 0.3 is 0 Å². The van der Waals surface area contributed by atoms with Gasteiger partial charge in [0.25, 0.3) is 0 Å². The number of benzene rings is 1. The molecule has 1 saturated carbocycles. The zero-order valence-electron chi connectivity index (χ0n) is 10.4. The summed E-state index contributed by atoms with van der Waals surface area (Å²) in [6.07, 6.45) is 5.41. The Bertz CT molecular complexity index is 343. The normalized spacial score (nSPS) is 32.4. The van der Waals surface area contributed by atoms with Crippen molar-refractivity contribution in [2.24, 2.45) is 0 Å². The van der Waals surface area contributed by atoms with E-state index in [-0.39, 0.29) is 0 Å². The van der Waals surface area contributed by atoms with E-state index in [0.29, 0.717) is 6.04 Å². The summed E-state index contributed by atoms with van der Waals surface area (Å²) >= 11 is 0. The number of nitrogens with one attached hydrogen (secondary N) is 2. The van der Waals surface area contributed by atoms with Gasteiger partial charge in [0, 0.05) is 24.5 Å². The van der Waals surface area contributed by atoms with Crippen LogP contribution >= 0.6 is 0 Å². The summed E-state index contributed by atoms with van der Waals surface area (Å²) in [5, 5.41) is 7.31. The van der Waals surface area contributed by atoms with E-state index in [9.17, 15) is 0 Å². The first kappa shape index (κ1) is 11.2. The average molecular weight is 230 g/mol. The van der Waals surface area contributed by atoms with Gasteiger partial charge in [-0.2, -0.15) is 0 Å². The van der Waals surface area contributed by atoms with Gasteiger partial charge < -0.3 is 10.6 Å². The molecule has 17 heavy (non-hydrogen) atoms. The molecule has 2 aliphatic rings.